The van der Waals surface area contributed by atoms with Crippen molar-refractivity contribution in [1.29, 1.82) is 5.26 Å². The molecule has 0 aliphatic carbocycles. The number of amides is 1. The summed E-state index contributed by atoms with van der Waals surface area (Å²) in [6, 6.07) is 14.7. The first-order valence-corrected chi connectivity index (χ1v) is 8.90. The van der Waals surface area contributed by atoms with Crippen molar-refractivity contribution in [2.24, 2.45) is 0 Å². The van der Waals surface area contributed by atoms with Crippen molar-refractivity contribution >= 4 is 12.0 Å². The van der Waals surface area contributed by atoms with Crippen LogP contribution in [0.15, 0.2) is 48.0 Å². The fourth-order valence-electron chi connectivity index (χ4n) is 2.68. The minimum atomic E-state index is -0.453. The Morgan fingerprint density at radius 1 is 1.18 bits per heavy atom. The first kappa shape index (κ1) is 20.8. The quantitative estimate of drug-likeness (QED) is 0.555. The molecule has 6 heteroatoms. The number of carbonyl (C=O) groups is 1. The average Bonchev–Trinajstić information content (AvgIpc) is 2.73. The van der Waals surface area contributed by atoms with E-state index in [-0.39, 0.29) is 11.6 Å². The number of methoxy groups -OCH3 is 2. The summed E-state index contributed by atoms with van der Waals surface area (Å²) in [5.41, 5.74) is 1.53. The highest BCUT2D eigenvalue weighted by Crippen LogP contribution is 2.39. The molecule has 1 amide bonds. The molecule has 1 N–H and O–H groups in total. The molecule has 0 saturated carbocycles. The Kier molecular flexibility index (Phi) is 7.46. The largest absolute Gasteiger partial charge is 0.493 e. The van der Waals surface area contributed by atoms with Crippen LogP contribution in [0.2, 0.25) is 0 Å². The van der Waals surface area contributed by atoms with Crippen molar-refractivity contribution in [3.05, 3.63) is 59.2 Å². The number of nitrogens with zero attached hydrogens (tertiary/aromatic N) is 1. The predicted molar refractivity (Wildman–Crippen MR) is 107 cm³/mol. The molecule has 0 saturated heterocycles. The van der Waals surface area contributed by atoms with Gasteiger partial charge in [0, 0.05) is 0 Å². The molecule has 0 aromatic heterocycles. The lowest BCUT2D eigenvalue weighted by Crippen LogP contribution is -2.27. The molecule has 0 aliphatic rings. The summed E-state index contributed by atoms with van der Waals surface area (Å²) in [5, 5.41) is 12.3. The van der Waals surface area contributed by atoms with Gasteiger partial charge in [0.2, 0.25) is 5.75 Å². The fourth-order valence-corrected chi connectivity index (χ4v) is 2.68. The summed E-state index contributed by atoms with van der Waals surface area (Å²) in [7, 11) is 3.04. The second-order valence-electron chi connectivity index (χ2n) is 5.96. The van der Waals surface area contributed by atoms with Gasteiger partial charge < -0.3 is 19.5 Å². The highest BCUT2D eigenvalue weighted by molar-refractivity contribution is 6.02. The standard InChI is InChI=1S/C22H24N2O4/c1-5-28-21-19(26-3)12-16(13-20(21)27-4)11-18(14-23)22(25)24-15(2)17-9-7-6-8-10-17/h6-13,15H,5H2,1-4H3,(H,24,25). The van der Waals surface area contributed by atoms with Gasteiger partial charge in [0.15, 0.2) is 11.5 Å². The van der Waals surface area contributed by atoms with Crippen molar-refractivity contribution in [3.8, 4) is 23.3 Å². The van der Waals surface area contributed by atoms with Crippen molar-refractivity contribution in [3.63, 3.8) is 0 Å². The van der Waals surface area contributed by atoms with E-state index in [1.807, 2.05) is 50.2 Å². The molecule has 2 aromatic rings. The number of ether oxygens (including phenoxy) is 3. The Morgan fingerprint density at radius 2 is 1.79 bits per heavy atom. The second kappa shape index (κ2) is 10.0. The topological polar surface area (TPSA) is 80.6 Å². The fraction of sp³-hybridized carbons (Fsp3) is 0.273. The maximum absolute atomic E-state index is 12.6. The highest BCUT2D eigenvalue weighted by atomic mass is 16.5. The van der Waals surface area contributed by atoms with Crippen molar-refractivity contribution in [2.45, 2.75) is 19.9 Å². The van der Waals surface area contributed by atoms with E-state index < -0.39 is 5.91 Å². The SMILES string of the molecule is CCOc1c(OC)cc(C=C(C#N)C(=O)NC(C)c2ccccc2)cc1OC. The Balaban J connectivity index is 2.30. The summed E-state index contributed by atoms with van der Waals surface area (Å²) < 4.78 is 16.3. The molecule has 0 radical (unpaired) electrons. The van der Waals surface area contributed by atoms with E-state index in [0.29, 0.717) is 29.4 Å². The lowest BCUT2D eigenvalue weighted by Gasteiger charge is -2.15. The maximum atomic E-state index is 12.6. The molecule has 2 aromatic carbocycles. The van der Waals surface area contributed by atoms with Crippen LogP contribution >= 0.6 is 0 Å². The molecule has 1 atom stereocenters. The molecule has 0 bridgehead atoms. The Labute approximate surface area is 165 Å². The van der Waals surface area contributed by atoms with E-state index in [1.165, 1.54) is 20.3 Å². The summed E-state index contributed by atoms with van der Waals surface area (Å²) in [6.45, 7) is 4.18. The number of rotatable bonds is 8. The molecule has 0 spiro atoms. The number of hydrogen-bond acceptors (Lipinski definition) is 5. The number of nitriles is 1. The van der Waals surface area contributed by atoms with Crippen LogP contribution in [0.1, 0.15) is 31.0 Å². The summed E-state index contributed by atoms with van der Waals surface area (Å²) in [4.78, 5) is 12.6. The van der Waals surface area contributed by atoms with Gasteiger partial charge in [-0.05, 0) is 43.2 Å². The maximum Gasteiger partial charge on any atom is 0.262 e. The van der Waals surface area contributed by atoms with E-state index in [0.717, 1.165) is 5.56 Å². The van der Waals surface area contributed by atoms with Crippen LogP contribution in [0.25, 0.3) is 6.08 Å². The monoisotopic (exact) mass is 380 g/mol. The third kappa shape index (κ3) is 5.04. The molecule has 2 rings (SSSR count). The van der Waals surface area contributed by atoms with E-state index >= 15 is 0 Å². The van der Waals surface area contributed by atoms with E-state index in [1.54, 1.807) is 12.1 Å². The lowest BCUT2D eigenvalue weighted by molar-refractivity contribution is -0.117. The van der Waals surface area contributed by atoms with Gasteiger partial charge in [-0.3, -0.25) is 4.79 Å². The van der Waals surface area contributed by atoms with Crippen LogP contribution in [-0.4, -0.2) is 26.7 Å². The highest BCUT2D eigenvalue weighted by Gasteiger charge is 2.16. The van der Waals surface area contributed by atoms with Crippen molar-refractivity contribution in [1.82, 2.24) is 5.32 Å². The Bertz CT molecular complexity index is 860. The third-order valence-corrected chi connectivity index (χ3v) is 4.09. The van der Waals surface area contributed by atoms with Crippen LogP contribution in [-0.2, 0) is 4.79 Å². The molecule has 6 nitrogen and oxygen atoms in total. The first-order chi connectivity index (χ1) is 13.5. The smallest absolute Gasteiger partial charge is 0.262 e. The average molecular weight is 380 g/mol. The van der Waals surface area contributed by atoms with E-state index in [2.05, 4.69) is 5.32 Å². The van der Waals surface area contributed by atoms with E-state index in [9.17, 15) is 10.1 Å². The van der Waals surface area contributed by atoms with Gasteiger partial charge in [-0.2, -0.15) is 5.26 Å². The van der Waals surface area contributed by atoms with Gasteiger partial charge in [0.05, 0.1) is 26.9 Å². The molecule has 28 heavy (non-hydrogen) atoms. The lowest BCUT2D eigenvalue weighted by atomic mass is 10.1. The molecular formula is C22H24N2O4. The van der Waals surface area contributed by atoms with Crippen LogP contribution < -0.4 is 19.5 Å². The predicted octanol–water partition coefficient (Wildman–Crippen LogP) is 3.89. The first-order valence-electron chi connectivity index (χ1n) is 8.90. The zero-order chi connectivity index (χ0) is 20.5. The second-order valence-corrected chi connectivity index (χ2v) is 5.96. The summed E-state index contributed by atoms with van der Waals surface area (Å²) in [6.07, 6.45) is 1.49. The van der Waals surface area contributed by atoms with Crippen LogP contribution in [0.4, 0.5) is 0 Å². The van der Waals surface area contributed by atoms with E-state index in [4.69, 9.17) is 14.2 Å². The number of benzene rings is 2. The van der Waals surface area contributed by atoms with Crippen LogP contribution in [0.3, 0.4) is 0 Å². The summed E-state index contributed by atoms with van der Waals surface area (Å²) >= 11 is 0. The number of carbonyl (C=O) groups excluding carboxylic acids is 1. The van der Waals surface area contributed by atoms with Gasteiger partial charge in [-0.15, -0.1) is 0 Å². The van der Waals surface area contributed by atoms with Crippen LogP contribution in [0.5, 0.6) is 17.2 Å². The van der Waals surface area contributed by atoms with Gasteiger partial charge in [-0.25, -0.2) is 0 Å². The summed E-state index contributed by atoms with van der Waals surface area (Å²) in [5.74, 6) is 0.946. The normalized spacial score (nSPS) is 11.9. The van der Waals surface area contributed by atoms with Gasteiger partial charge in [0.25, 0.3) is 5.91 Å². The minimum absolute atomic E-state index is 0.0175. The molecule has 1 unspecified atom stereocenters. The molecule has 0 fully saturated rings. The van der Waals surface area contributed by atoms with Gasteiger partial charge in [-0.1, -0.05) is 30.3 Å². The molecule has 0 heterocycles. The van der Waals surface area contributed by atoms with Crippen molar-refractivity contribution in [2.75, 3.05) is 20.8 Å². The Morgan fingerprint density at radius 3 is 2.29 bits per heavy atom. The van der Waals surface area contributed by atoms with Crippen molar-refractivity contribution < 1.29 is 19.0 Å². The zero-order valence-electron chi connectivity index (χ0n) is 16.5. The molecule has 146 valence electrons. The number of nitrogens with one attached hydrogen (secondary N) is 1. The minimum Gasteiger partial charge on any atom is -0.493 e. The van der Waals surface area contributed by atoms with Crippen LogP contribution in [0, 0.1) is 11.3 Å². The van der Waals surface area contributed by atoms with Gasteiger partial charge >= 0.3 is 0 Å². The Hall–Kier alpha value is -3.46. The zero-order valence-corrected chi connectivity index (χ0v) is 16.5. The number of hydrogen-bond donors (Lipinski definition) is 1. The van der Waals surface area contributed by atoms with Gasteiger partial charge in [0.1, 0.15) is 11.6 Å². The molecule has 0 aliphatic heterocycles. The third-order valence-electron chi connectivity index (χ3n) is 4.09. The molecular weight excluding hydrogens is 356 g/mol.